The van der Waals surface area contributed by atoms with Crippen molar-refractivity contribution in [2.75, 3.05) is 6.54 Å². The van der Waals surface area contributed by atoms with E-state index in [9.17, 15) is 13.2 Å². The maximum absolute atomic E-state index is 13.8. The summed E-state index contributed by atoms with van der Waals surface area (Å²) in [6.45, 7) is 6.86. The second kappa shape index (κ2) is 7.53. The van der Waals surface area contributed by atoms with Crippen molar-refractivity contribution in [1.82, 2.24) is 5.32 Å². The summed E-state index contributed by atoms with van der Waals surface area (Å²) in [5.41, 5.74) is 0.215. The first-order valence-corrected chi connectivity index (χ1v) is 6.87. The van der Waals surface area contributed by atoms with Gasteiger partial charge in [0.05, 0.1) is 0 Å². The summed E-state index contributed by atoms with van der Waals surface area (Å²) in [6, 6.07) is 2.05. The van der Waals surface area contributed by atoms with Crippen LogP contribution in [0.2, 0.25) is 0 Å². The van der Waals surface area contributed by atoms with E-state index in [-0.39, 0.29) is 11.6 Å². The lowest BCUT2D eigenvalue weighted by Gasteiger charge is -2.22. The monoisotopic (exact) mass is 273 g/mol. The Hall–Kier alpha value is -1.03. The smallest absolute Gasteiger partial charge is 0.194 e. The van der Waals surface area contributed by atoms with E-state index >= 15 is 0 Å². The fraction of sp³-hybridized carbons (Fsp3) is 0.600. The average Bonchev–Trinajstić information content (AvgIpc) is 2.41. The van der Waals surface area contributed by atoms with Crippen LogP contribution in [0.15, 0.2) is 12.1 Å². The molecule has 2 atom stereocenters. The quantitative estimate of drug-likeness (QED) is 0.717. The normalized spacial score (nSPS) is 14.4. The Labute approximate surface area is 113 Å². The molecule has 2 unspecified atom stereocenters. The van der Waals surface area contributed by atoms with Crippen molar-refractivity contribution < 1.29 is 13.2 Å². The maximum Gasteiger partial charge on any atom is 0.194 e. The maximum atomic E-state index is 13.8. The topological polar surface area (TPSA) is 12.0 Å². The predicted molar refractivity (Wildman–Crippen MR) is 71.4 cm³/mol. The van der Waals surface area contributed by atoms with Crippen LogP contribution in [0.25, 0.3) is 0 Å². The Bertz CT molecular complexity index is 407. The van der Waals surface area contributed by atoms with Gasteiger partial charge in [0.2, 0.25) is 0 Å². The van der Waals surface area contributed by atoms with Gasteiger partial charge in [0.25, 0.3) is 0 Å². The van der Waals surface area contributed by atoms with Gasteiger partial charge in [-0.2, -0.15) is 0 Å². The van der Waals surface area contributed by atoms with Crippen LogP contribution >= 0.6 is 0 Å². The van der Waals surface area contributed by atoms with Gasteiger partial charge < -0.3 is 5.32 Å². The van der Waals surface area contributed by atoms with Crippen molar-refractivity contribution in [3.63, 3.8) is 0 Å². The van der Waals surface area contributed by atoms with Crippen LogP contribution < -0.4 is 5.32 Å². The first-order chi connectivity index (χ1) is 9.01. The van der Waals surface area contributed by atoms with Crippen LogP contribution in [-0.4, -0.2) is 6.54 Å². The third-order valence-electron chi connectivity index (χ3n) is 3.42. The van der Waals surface area contributed by atoms with E-state index < -0.39 is 17.5 Å². The van der Waals surface area contributed by atoms with Crippen LogP contribution in [0.4, 0.5) is 13.2 Å². The van der Waals surface area contributed by atoms with E-state index in [4.69, 9.17) is 0 Å². The van der Waals surface area contributed by atoms with Crippen LogP contribution in [0.1, 0.15) is 51.6 Å². The van der Waals surface area contributed by atoms with Crippen molar-refractivity contribution in [3.8, 4) is 0 Å². The van der Waals surface area contributed by atoms with Crippen molar-refractivity contribution >= 4 is 0 Å². The molecule has 0 bridgehead atoms. The van der Waals surface area contributed by atoms with Gasteiger partial charge in [-0.1, -0.05) is 33.3 Å². The lowest BCUT2D eigenvalue weighted by atomic mass is 9.93. The highest BCUT2D eigenvalue weighted by Gasteiger charge is 2.21. The molecule has 4 heteroatoms. The second-order valence-corrected chi connectivity index (χ2v) is 5.02. The summed E-state index contributed by atoms with van der Waals surface area (Å²) < 4.78 is 40.1. The van der Waals surface area contributed by atoms with Crippen LogP contribution in [0.5, 0.6) is 0 Å². The van der Waals surface area contributed by atoms with E-state index in [1.165, 1.54) is 6.07 Å². The number of halogens is 3. The molecule has 0 aliphatic carbocycles. The zero-order valence-corrected chi connectivity index (χ0v) is 11.8. The second-order valence-electron chi connectivity index (χ2n) is 5.02. The van der Waals surface area contributed by atoms with Crippen LogP contribution in [0, 0.1) is 23.4 Å². The zero-order valence-electron chi connectivity index (χ0n) is 11.8. The van der Waals surface area contributed by atoms with Crippen LogP contribution in [-0.2, 0) is 0 Å². The molecule has 0 saturated heterocycles. The Morgan fingerprint density at radius 1 is 1.11 bits per heavy atom. The molecule has 19 heavy (non-hydrogen) atoms. The van der Waals surface area contributed by atoms with Crippen LogP contribution in [0.3, 0.4) is 0 Å². The first-order valence-electron chi connectivity index (χ1n) is 6.87. The van der Waals surface area contributed by atoms with Gasteiger partial charge in [-0.05, 0) is 31.4 Å². The number of hydrogen-bond donors (Lipinski definition) is 1. The molecule has 0 amide bonds. The van der Waals surface area contributed by atoms with Gasteiger partial charge in [-0.3, -0.25) is 0 Å². The fourth-order valence-corrected chi connectivity index (χ4v) is 2.02. The van der Waals surface area contributed by atoms with Crippen molar-refractivity contribution in [1.29, 1.82) is 0 Å². The number of nitrogens with one attached hydrogen (secondary N) is 1. The minimum absolute atomic E-state index is 0.215. The molecule has 0 heterocycles. The molecule has 0 aliphatic rings. The number of hydrogen-bond acceptors (Lipinski definition) is 1. The summed E-state index contributed by atoms with van der Waals surface area (Å²) in [6.07, 6.45) is 2.58. The molecular formula is C15H22F3N. The fourth-order valence-electron chi connectivity index (χ4n) is 2.02. The third-order valence-corrected chi connectivity index (χ3v) is 3.42. The molecule has 0 fully saturated rings. The number of benzene rings is 1. The molecule has 0 spiro atoms. The Morgan fingerprint density at radius 3 is 2.37 bits per heavy atom. The molecule has 0 aliphatic heterocycles. The Kier molecular flexibility index (Phi) is 6.35. The summed E-state index contributed by atoms with van der Waals surface area (Å²) in [5, 5.41) is 3.21. The molecule has 1 aromatic rings. The molecular weight excluding hydrogens is 251 g/mol. The SMILES string of the molecule is CCCNC(CC(C)CC)c1ccc(F)c(F)c1F. The average molecular weight is 273 g/mol. The van der Waals surface area contributed by atoms with E-state index in [0.717, 1.165) is 25.5 Å². The minimum Gasteiger partial charge on any atom is -0.310 e. The van der Waals surface area contributed by atoms with Crippen molar-refractivity contribution in [2.24, 2.45) is 5.92 Å². The lowest BCUT2D eigenvalue weighted by Crippen LogP contribution is -2.25. The first kappa shape index (κ1) is 16.0. The molecule has 1 nitrogen and oxygen atoms in total. The van der Waals surface area contributed by atoms with Crippen molar-refractivity contribution in [3.05, 3.63) is 35.1 Å². The minimum atomic E-state index is -1.38. The zero-order chi connectivity index (χ0) is 14.4. The highest BCUT2D eigenvalue weighted by molar-refractivity contribution is 5.23. The Balaban J connectivity index is 2.99. The largest absolute Gasteiger partial charge is 0.310 e. The number of rotatable bonds is 7. The van der Waals surface area contributed by atoms with Gasteiger partial charge in [0, 0.05) is 11.6 Å². The summed E-state index contributed by atoms with van der Waals surface area (Å²) in [5.74, 6) is -3.21. The van der Waals surface area contributed by atoms with Gasteiger partial charge >= 0.3 is 0 Å². The third kappa shape index (κ3) is 4.23. The van der Waals surface area contributed by atoms with E-state index in [1.54, 1.807) is 0 Å². The molecule has 108 valence electrons. The summed E-state index contributed by atoms with van der Waals surface area (Å²) in [7, 11) is 0. The summed E-state index contributed by atoms with van der Waals surface area (Å²) >= 11 is 0. The van der Waals surface area contributed by atoms with Gasteiger partial charge in [0.1, 0.15) is 0 Å². The standard InChI is InChI=1S/C15H22F3N/c1-4-8-19-13(9-10(3)5-2)11-6-7-12(16)15(18)14(11)17/h6-7,10,13,19H,4-5,8-9H2,1-3H3. The highest BCUT2D eigenvalue weighted by Crippen LogP contribution is 2.27. The molecule has 0 radical (unpaired) electrons. The van der Waals surface area contributed by atoms with Gasteiger partial charge in [0.15, 0.2) is 17.5 Å². The van der Waals surface area contributed by atoms with E-state index in [0.29, 0.717) is 12.3 Å². The predicted octanol–water partition coefficient (Wildman–Crippen LogP) is 4.58. The summed E-state index contributed by atoms with van der Waals surface area (Å²) in [4.78, 5) is 0. The molecule has 1 N–H and O–H groups in total. The molecule has 0 aromatic heterocycles. The van der Waals surface area contributed by atoms with Crippen molar-refractivity contribution in [2.45, 2.75) is 46.1 Å². The molecule has 1 rings (SSSR count). The molecule has 1 aromatic carbocycles. The van der Waals surface area contributed by atoms with Gasteiger partial charge in [-0.25, -0.2) is 13.2 Å². The van der Waals surface area contributed by atoms with E-state index in [2.05, 4.69) is 19.2 Å². The lowest BCUT2D eigenvalue weighted by molar-refractivity contribution is 0.377. The van der Waals surface area contributed by atoms with Gasteiger partial charge in [-0.15, -0.1) is 0 Å². The highest BCUT2D eigenvalue weighted by atomic mass is 19.2. The molecule has 0 saturated carbocycles. The Morgan fingerprint density at radius 2 is 1.79 bits per heavy atom. The van der Waals surface area contributed by atoms with E-state index in [1.807, 2.05) is 6.92 Å².